The molecule has 128 valence electrons. The highest BCUT2D eigenvalue weighted by Crippen LogP contribution is 2.35. The van der Waals surface area contributed by atoms with E-state index in [0.717, 1.165) is 6.42 Å². The third kappa shape index (κ3) is 2.86. The number of benzene rings is 4. The number of allylic oxidation sites excluding steroid dienone is 1. The van der Waals surface area contributed by atoms with Gasteiger partial charge in [-0.25, -0.2) is 0 Å². The molecule has 0 amide bonds. The molecular formula is C25H23N. The summed E-state index contributed by atoms with van der Waals surface area (Å²) in [5.74, 6) is 0. The first-order valence-electron chi connectivity index (χ1n) is 9.00. The van der Waals surface area contributed by atoms with E-state index in [4.69, 9.17) is 0 Å². The highest BCUT2D eigenvalue weighted by Gasteiger charge is 2.09. The van der Waals surface area contributed by atoms with Gasteiger partial charge in [0.15, 0.2) is 0 Å². The van der Waals surface area contributed by atoms with Gasteiger partial charge in [0.05, 0.1) is 0 Å². The number of anilines is 1. The highest BCUT2D eigenvalue weighted by atomic mass is 15.1. The van der Waals surface area contributed by atoms with E-state index in [9.17, 15) is 0 Å². The molecule has 26 heavy (non-hydrogen) atoms. The van der Waals surface area contributed by atoms with Crippen LogP contribution in [0.4, 0.5) is 5.69 Å². The lowest BCUT2D eigenvalue weighted by Gasteiger charge is -2.15. The number of hydrogen-bond donors (Lipinski definition) is 0. The molecule has 4 aromatic carbocycles. The molecule has 0 bridgehead atoms. The first-order valence-corrected chi connectivity index (χ1v) is 9.00. The van der Waals surface area contributed by atoms with Crippen molar-refractivity contribution < 1.29 is 0 Å². The fourth-order valence-corrected chi connectivity index (χ4v) is 3.62. The van der Waals surface area contributed by atoms with Gasteiger partial charge in [-0.05, 0) is 62.9 Å². The zero-order valence-corrected chi connectivity index (χ0v) is 15.4. The largest absolute Gasteiger partial charge is 0.378 e. The standard InChI is InChI=1S/C25H23N/c1-4-7-18-10-11-20-17-25(19-12-14-21(15-13-19)26(2)3)23-9-6-5-8-22(23)24(20)16-18/h4-6,8-17H,1,7H2,2-3H3. The van der Waals surface area contributed by atoms with Crippen molar-refractivity contribution in [3.63, 3.8) is 0 Å². The van der Waals surface area contributed by atoms with Crippen LogP contribution in [0.15, 0.2) is 85.5 Å². The molecule has 0 aliphatic carbocycles. The minimum Gasteiger partial charge on any atom is -0.378 e. The SMILES string of the molecule is C=CCc1ccc2cc(-c3ccc(N(C)C)cc3)c3ccccc3c2c1. The molecule has 0 atom stereocenters. The molecule has 1 heteroatoms. The minimum atomic E-state index is 0.901. The normalized spacial score (nSPS) is 11.0. The highest BCUT2D eigenvalue weighted by molar-refractivity contribution is 6.13. The number of nitrogens with zero attached hydrogens (tertiary/aromatic N) is 1. The first-order chi connectivity index (χ1) is 12.7. The zero-order valence-electron chi connectivity index (χ0n) is 15.4. The van der Waals surface area contributed by atoms with Crippen LogP contribution < -0.4 is 4.90 Å². The molecule has 4 rings (SSSR count). The van der Waals surface area contributed by atoms with Crippen molar-refractivity contribution in [3.05, 3.63) is 91.0 Å². The molecule has 0 spiro atoms. The molecule has 0 unspecified atom stereocenters. The van der Waals surface area contributed by atoms with E-state index in [1.807, 2.05) is 6.08 Å². The molecule has 0 heterocycles. The summed E-state index contributed by atoms with van der Waals surface area (Å²) in [6.45, 7) is 3.87. The Bertz CT molecular complexity index is 1090. The van der Waals surface area contributed by atoms with Crippen molar-refractivity contribution in [3.8, 4) is 11.1 Å². The summed E-state index contributed by atoms with van der Waals surface area (Å²) in [7, 11) is 4.14. The van der Waals surface area contributed by atoms with E-state index in [1.54, 1.807) is 0 Å². The van der Waals surface area contributed by atoms with Crippen LogP contribution in [-0.4, -0.2) is 14.1 Å². The Balaban J connectivity index is 1.97. The second-order valence-electron chi connectivity index (χ2n) is 6.96. The molecule has 0 aliphatic rings. The minimum absolute atomic E-state index is 0.901. The summed E-state index contributed by atoms with van der Waals surface area (Å²) in [5.41, 5.74) is 5.06. The van der Waals surface area contributed by atoms with Crippen LogP contribution in [0.2, 0.25) is 0 Å². The van der Waals surface area contributed by atoms with Crippen LogP contribution in [0, 0.1) is 0 Å². The van der Waals surface area contributed by atoms with Crippen molar-refractivity contribution in [2.24, 2.45) is 0 Å². The third-order valence-electron chi connectivity index (χ3n) is 5.00. The molecule has 0 fully saturated rings. The molecule has 0 aliphatic heterocycles. The van der Waals surface area contributed by atoms with Gasteiger partial charge in [0, 0.05) is 19.8 Å². The van der Waals surface area contributed by atoms with Crippen LogP contribution >= 0.6 is 0 Å². The maximum Gasteiger partial charge on any atom is 0.0361 e. The van der Waals surface area contributed by atoms with Crippen molar-refractivity contribution >= 4 is 27.2 Å². The summed E-state index contributed by atoms with van der Waals surface area (Å²) < 4.78 is 0. The van der Waals surface area contributed by atoms with E-state index >= 15 is 0 Å². The zero-order chi connectivity index (χ0) is 18.1. The summed E-state index contributed by atoms with van der Waals surface area (Å²) >= 11 is 0. The lowest BCUT2D eigenvalue weighted by Crippen LogP contribution is -2.07. The van der Waals surface area contributed by atoms with Crippen molar-refractivity contribution in [2.45, 2.75) is 6.42 Å². The lowest BCUT2D eigenvalue weighted by molar-refractivity contribution is 1.13. The fourth-order valence-electron chi connectivity index (χ4n) is 3.62. The monoisotopic (exact) mass is 337 g/mol. The molecule has 1 nitrogen and oxygen atoms in total. The Morgan fingerprint density at radius 3 is 2.23 bits per heavy atom. The van der Waals surface area contributed by atoms with Crippen LogP contribution in [0.5, 0.6) is 0 Å². The molecule has 0 N–H and O–H groups in total. The van der Waals surface area contributed by atoms with Gasteiger partial charge in [0.1, 0.15) is 0 Å². The van der Waals surface area contributed by atoms with Crippen LogP contribution in [-0.2, 0) is 6.42 Å². The number of rotatable bonds is 4. The van der Waals surface area contributed by atoms with Gasteiger partial charge < -0.3 is 4.90 Å². The van der Waals surface area contributed by atoms with E-state index in [-0.39, 0.29) is 0 Å². The van der Waals surface area contributed by atoms with E-state index in [2.05, 4.69) is 98.4 Å². The van der Waals surface area contributed by atoms with Gasteiger partial charge in [-0.2, -0.15) is 0 Å². The fraction of sp³-hybridized carbons (Fsp3) is 0.120. The Hall–Kier alpha value is -3.06. The molecule has 0 radical (unpaired) electrons. The number of fused-ring (bicyclic) bond motifs is 3. The third-order valence-corrected chi connectivity index (χ3v) is 5.00. The second kappa shape index (κ2) is 6.68. The maximum atomic E-state index is 3.87. The number of hydrogen-bond acceptors (Lipinski definition) is 1. The van der Waals surface area contributed by atoms with E-state index in [0.29, 0.717) is 0 Å². The Morgan fingerprint density at radius 1 is 0.808 bits per heavy atom. The van der Waals surface area contributed by atoms with Gasteiger partial charge in [-0.1, -0.05) is 60.7 Å². The Morgan fingerprint density at radius 2 is 1.54 bits per heavy atom. The molecule has 0 saturated carbocycles. The Kier molecular flexibility index (Phi) is 4.22. The van der Waals surface area contributed by atoms with Gasteiger partial charge in [-0.3, -0.25) is 0 Å². The first kappa shape index (κ1) is 16.4. The average Bonchev–Trinajstić information content (AvgIpc) is 2.68. The topological polar surface area (TPSA) is 3.24 Å². The quantitative estimate of drug-likeness (QED) is 0.305. The lowest BCUT2D eigenvalue weighted by atomic mass is 9.92. The molecular weight excluding hydrogens is 314 g/mol. The van der Waals surface area contributed by atoms with Crippen LogP contribution in [0.25, 0.3) is 32.7 Å². The molecule has 0 saturated heterocycles. The average molecular weight is 337 g/mol. The summed E-state index contributed by atoms with van der Waals surface area (Å²) in [5, 5.41) is 5.20. The van der Waals surface area contributed by atoms with Crippen LogP contribution in [0.3, 0.4) is 0 Å². The molecule has 0 aromatic heterocycles. The predicted molar refractivity (Wildman–Crippen MR) is 115 cm³/mol. The Labute approximate surface area is 155 Å². The summed E-state index contributed by atoms with van der Waals surface area (Å²) in [4.78, 5) is 2.13. The molecule has 4 aromatic rings. The van der Waals surface area contributed by atoms with Gasteiger partial charge >= 0.3 is 0 Å². The van der Waals surface area contributed by atoms with Crippen LogP contribution in [0.1, 0.15) is 5.56 Å². The maximum absolute atomic E-state index is 3.87. The van der Waals surface area contributed by atoms with Crippen molar-refractivity contribution in [2.75, 3.05) is 19.0 Å². The predicted octanol–water partition coefficient (Wildman–Crippen LogP) is 6.45. The van der Waals surface area contributed by atoms with Crippen molar-refractivity contribution in [1.29, 1.82) is 0 Å². The summed E-state index contributed by atoms with van der Waals surface area (Å²) in [6.07, 6.45) is 2.86. The van der Waals surface area contributed by atoms with E-state index in [1.165, 1.54) is 43.9 Å². The van der Waals surface area contributed by atoms with Crippen molar-refractivity contribution in [1.82, 2.24) is 0 Å². The second-order valence-corrected chi connectivity index (χ2v) is 6.96. The van der Waals surface area contributed by atoms with Gasteiger partial charge in [-0.15, -0.1) is 6.58 Å². The summed E-state index contributed by atoms with van der Waals surface area (Å²) in [6, 6.07) is 26.6. The van der Waals surface area contributed by atoms with Gasteiger partial charge in [0.25, 0.3) is 0 Å². The smallest absolute Gasteiger partial charge is 0.0361 e. The van der Waals surface area contributed by atoms with Gasteiger partial charge in [0.2, 0.25) is 0 Å². The van der Waals surface area contributed by atoms with E-state index < -0.39 is 0 Å².